The third-order valence-corrected chi connectivity index (χ3v) is 4.50. The van der Waals surface area contributed by atoms with Crippen molar-refractivity contribution in [3.8, 4) is 0 Å². The molecule has 0 spiro atoms. The quantitative estimate of drug-likeness (QED) is 0.890. The Balaban J connectivity index is 2.03. The van der Waals surface area contributed by atoms with Gasteiger partial charge in [0.15, 0.2) is 0 Å². The van der Waals surface area contributed by atoms with E-state index in [4.69, 9.17) is 5.14 Å². The van der Waals surface area contributed by atoms with Crippen molar-refractivity contribution in [3.05, 3.63) is 64.7 Å². The summed E-state index contributed by atoms with van der Waals surface area (Å²) in [5.41, 5.74) is 4.69. The zero-order valence-corrected chi connectivity index (χ0v) is 13.1. The molecule has 0 unspecified atom stereocenters. The van der Waals surface area contributed by atoms with Gasteiger partial charge in [-0.25, -0.2) is 13.6 Å². The van der Waals surface area contributed by atoms with Gasteiger partial charge in [-0.2, -0.15) is 0 Å². The summed E-state index contributed by atoms with van der Waals surface area (Å²) in [5, 5.41) is 8.46. The first-order chi connectivity index (χ1) is 9.88. The zero-order chi connectivity index (χ0) is 15.5. The molecule has 0 radical (unpaired) electrons. The fourth-order valence-corrected chi connectivity index (χ4v) is 2.76. The molecule has 112 valence electrons. The first kappa shape index (κ1) is 15.7. The van der Waals surface area contributed by atoms with E-state index in [1.165, 1.54) is 22.8 Å². The Hall–Kier alpha value is -1.69. The van der Waals surface area contributed by atoms with E-state index >= 15 is 0 Å². The molecule has 0 atom stereocenters. The molecule has 0 aromatic heterocycles. The molecule has 0 saturated heterocycles. The lowest BCUT2D eigenvalue weighted by Gasteiger charge is -2.10. The topological polar surface area (TPSA) is 72.2 Å². The van der Waals surface area contributed by atoms with Crippen LogP contribution in [-0.4, -0.2) is 8.42 Å². The van der Waals surface area contributed by atoms with Crippen molar-refractivity contribution in [2.45, 2.75) is 31.8 Å². The van der Waals surface area contributed by atoms with Gasteiger partial charge < -0.3 is 5.32 Å². The Morgan fingerprint density at radius 3 is 2.48 bits per heavy atom. The van der Waals surface area contributed by atoms with Gasteiger partial charge in [0.1, 0.15) is 0 Å². The van der Waals surface area contributed by atoms with Crippen molar-refractivity contribution in [2.24, 2.45) is 5.14 Å². The second-order valence-electron chi connectivity index (χ2n) is 5.16. The number of hydrogen-bond donors (Lipinski definition) is 2. The fraction of sp³-hybridized carbons (Fsp3) is 0.250. The van der Waals surface area contributed by atoms with E-state index in [1.807, 2.05) is 12.1 Å². The molecule has 0 aliphatic carbocycles. The minimum absolute atomic E-state index is 0.147. The monoisotopic (exact) mass is 304 g/mol. The summed E-state index contributed by atoms with van der Waals surface area (Å²) >= 11 is 0. The third kappa shape index (κ3) is 4.14. The molecule has 0 fully saturated rings. The number of hydrogen-bond acceptors (Lipinski definition) is 3. The van der Waals surface area contributed by atoms with E-state index in [2.05, 4.69) is 31.3 Å². The van der Waals surface area contributed by atoms with Crippen LogP contribution in [-0.2, 0) is 23.1 Å². The van der Waals surface area contributed by atoms with Crippen LogP contribution in [0.3, 0.4) is 0 Å². The summed E-state index contributed by atoms with van der Waals surface area (Å²) in [6.45, 7) is 5.53. The highest BCUT2D eigenvalue weighted by molar-refractivity contribution is 7.89. The van der Waals surface area contributed by atoms with Gasteiger partial charge >= 0.3 is 0 Å². The maximum atomic E-state index is 11.3. The average Bonchev–Trinajstić information content (AvgIpc) is 2.43. The van der Waals surface area contributed by atoms with Crippen LogP contribution in [0.25, 0.3) is 0 Å². The van der Waals surface area contributed by atoms with Crippen LogP contribution in [0.4, 0.5) is 0 Å². The molecule has 3 N–H and O–H groups in total. The molecule has 21 heavy (non-hydrogen) atoms. The lowest BCUT2D eigenvalue weighted by molar-refractivity contribution is 0.597. The summed E-state index contributed by atoms with van der Waals surface area (Å²) in [6.07, 6.45) is 0. The van der Waals surface area contributed by atoms with Crippen LogP contribution in [0, 0.1) is 13.8 Å². The molecule has 2 aromatic rings. The smallest absolute Gasteiger partial charge is 0.238 e. The Morgan fingerprint density at radius 1 is 1.05 bits per heavy atom. The van der Waals surface area contributed by atoms with Gasteiger partial charge in [-0.15, -0.1) is 0 Å². The summed E-state index contributed by atoms with van der Waals surface area (Å²) in [6, 6.07) is 12.9. The maximum absolute atomic E-state index is 11.3. The van der Waals surface area contributed by atoms with Crippen molar-refractivity contribution in [2.75, 3.05) is 0 Å². The number of primary sulfonamides is 1. The number of rotatable bonds is 5. The molecular weight excluding hydrogens is 284 g/mol. The van der Waals surface area contributed by atoms with Gasteiger partial charge in [-0.3, -0.25) is 0 Å². The van der Waals surface area contributed by atoms with Gasteiger partial charge in [-0.05, 0) is 48.2 Å². The van der Waals surface area contributed by atoms with E-state index in [0.717, 1.165) is 12.1 Å². The zero-order valence-electron chi connectivity index (χ0n) is 12.3. The first-order valence-corrected chi connectivity index (χ1v) is 8.30. The number of nitrogens with one attached hydrogen (secondary N) is 1. The number of benzene rings is 2. The Bertz CT molecular complexity index is 740. The highest BCUT2D eigenvalue weighted by Crippen LogP contribution is 2.13. The van der Waals surface area contributed by atoms with Crippen LogP contribution in [0.1, 0.15) is 22.3 Å². The molecule has 0 saturated carbocycles. The molecule has 2 aromatic carbocycles. The molecule has 0 bridgehead atoms. The summed E-state index contributed by atoms with van der Waals surface area (Å²) in [7, 11) is -3.64. The Kier molecular flexibility index (Phi) is 4.77. The van der Waals surface area contributed by atoms with Gasteiger partial charge in [0.2, 0.25) is 10.0 Å². The molecule has 2 rings (SSSR count). The van der Waals surface area contributed by atoms with E-state index in [0.29, 0.717) is 6.54 Å². The first-order valence-electron chi connectivity index (χ1n) is 6.75. The standard InChI is InChI=1S/C16H20N2O2S/c1-12-5-3-7-15(13(12)2)11-18-10-14-6-4-8-16(9-14)21(17,19)20/h3-9,18H,10-11H2,1-2H3,(H2,17,19,20). The predicted octanol–water partition coefficient (Wildman–Crippen LogP) is 2.24. The summed E-state index contributed by atoms with van der Waals surface area (Å²) in [4.78, 5) is 0.147. The van der Waals surface area contributed by atoms with E-state index in [-0.39, 0.29) is 4.90 Å². The van der Waals surface area contributed by atoms with Gasteiger partial charge in [0, 0.05) is 13.1 Å². The van der Waals surface area contributed by atoms with Crippen molar-refractivity contribution < 1.29 is 8.42 Å². The molecule has 0 aliphatic rings. The van der Waals surface area contributed by atoms with Crippen molar-refractivity contribution in [3.63, 3.8) is 0 Å². The number of sulfonamides is 1. The average molecular weight is 304 g/mol. The molecule has 0 heterocycles. The van der Waals surface area contributed by atoms with Crippen molar-refractivity contribution >= 4 is 10.0 Å². The lowest BCUT2D eigenvalue weighted by atomic mass is 10.0. The molecule has 5 heteroatoms. The highest BCUT2D eigenvalue weighted by atomic mass is 32.2. The highest BCUT2D eigenvalue weighted by Gasteiger charge is 2.07. The third-order valence-electron chi connectivity index (χ3n) is 3.59. The minimum Gasteiger partial charge on any atom is -0.309 e. The second-order valence-corrected chi connectivity index (χ2v) is 6.72. The van der Waals surface area contributed by atoms with Crippen molar-refractivity contribution in [1.82, 2.24) is 5.32 Å². The fourth-order valence-electron chi connectivity index (χ4n) is 2.18. The predicted molar refractivity (Wildman–Crippen MR) is 84.3 cm³/mol. The van der Waals surface area contributed by atoms with Crippen LogP contribution in [0.5, 0.6) is 0 Å². The van der Waals surface area contributed by atoms with Crippen LogP contribution in [0.15, 0.2) is 47.4 Å². The number of nitrogens with two attached hydrogens (primary N) is 1. The second kappa shape index (κ2) is 6.39. The largest absolute Gasteiger partial charge is 0.309 e. The Labute approximate surface area is 126 Å². The van der Waals surface area contributed by atoms with E-state index in [1.54, 1.807) is 12.1 Å². The van der Waals surface area contributed by atoms with Gasteiger partial charge in [0.25, 0.3) is 0 Å². The lowest BCUT2D eigenvalue weighted by Crippen LogP contribution is -2.15. The molecule has 0 aliphatic heterocycles. The normalized spacial score (nSPS) is 11.6. The van der Waals surface area contributed by atoms with E-state index < -0.39 is 10.0 Å². The van der Waals surface area contributed by atoms with Gasteiger partial charge in [-0.1, -0.05) is 30.3 Å². The minimum atomic E-state index is -3.64. The number of aryl methyl sites for hydroxylation is 1. The van der Waals surface area contributed by atoms with Crippen molar-refractivity contribution in [1.29, 1.82) is 0 Å². The van der Waals surface area contributed by atoms with E-state index in [9.17, 15) is 8.42 Å². The summed E-state index contributed by atoms with van der Waals surface area (Å²) < 4.78 is 22.6. The SMILES string of the molecule is Cc1cccc(CNCc2cccc(S(N)(=O)=O)c2)c1C. The van der Waals surface area contributed by atoms with Crippen LogP contribution >= 0.6 is 0 Å². The Morgan fingerprint density at radius 2 is 1.76 bits per heavy atom. The van der Waals surface area contributed by atoms with Crippen LogP contribution in [0.2, 0.25) is 0 Å². The summed E-state index contributed by atoms with van der Waals surface area (Å²) in [5.74, 6) is 0. The maximum Gasteiger partial charge on any atom is 0.238 e. The van der Waals surface area contributed by atoms with Crippen LogP contribution < -0.4 is 10.5 Å². The molecule has 0 amide bonds. The van der Waals surface area contributed by atoms with Gasteiger partial charge in [0.05, 0.1) is 4.90 Å². The molecular formula is C16H20N2O2S. The molecule has 4 nitrogen and oxygen atoms in total.